The second kappa shape index (κ2) is 4.61. The van der Waals surface area contributed by atoms with Gasteiger partial charge in [0.25, 0.3) is 0 Å². The van der Waals surface area contributed by atoms with Gasteiger partial charge in [0, 0.05) is 13.1 Å². The molecule has 0 radical (unpaired) electrons. The fourth-order valence-electron chi connectivity index (χ4n) is 2.47. The Hall–Kier alpha value is -0.110. The smallest absolute Gasteiger partial charge is 0.110 e. The Bertz CT molecular complexity index is 172. The molecule has 0 amide bonds. The summed E-state index contributed by atoms with van der Waals surface area (Å²) in [5, 5.41) is 0. The van der Waals surface area contributed by atoms with Crippen LogP contribution in [-0.4, -0.2) is 30.7 Å². The summed E-state index contributed by atoms with van der Waals surface area (Å²) in [5.41, 5.74) is 0.419. The average Bonchev–Trinajstić information content (AvgIpc) is 2.30. The van der Waals surface area contributed by atoms with Crippen LogP contribution in [0.4, 0.5) is 4.39 Å². The molecule has 1 aliphatic heterocycles. The minimum absolute atomic E-state index is 0.419. The Morgan fingerprint density at radius 3 is 2.57 bits per heavy atom. The van der Waals surface area contributed by atoms with E-state index in [9.17, 15) is 4.39 Å². The first-order valence-corrected chi connectivity index (χ1v) is 5.73. The number of alkyl halides is 1. The normalized spacial score (nSPS) is 26.8. The lowest BCUT2D eigenvalue weighted by molar-refractivity contribution is 0.219. The van der Waals surface area contributed by atoms with Crippen molar-refractivity contribution in [1.82, 2.24) is 4.90 Å². The van der Waals surface area contributed by atoms with Crippen LogP contribution in [0.1, 0.15) is 40.5 Å². The minimum atomic E-state index is -0.677. The SMILES string of the molecule is CC(F)CN1CCC(CC(C)(C)C)C1. The summed E-state index contributed by atoms with van der Waals surface area (Å²) >= 11 is 0. The molecule has 0 aromatic heterocycles. The second-order valence-corrected chi connectivity index (χ2v) is 5.96. The maximum absolute atomic E-state index is 12.8. The Labute approximate surface area is 87.7 Å². The molecule has 84 valence electrons. The lowest BCUT2D eigenvalue weighted by Gasteiger charge is -2.23. The van der Waals surface area contributed by atoms with Gasteiger partial charge in [-0.3, -0.25) is 0 Å². The van der Waals surface area contributed by atoms with Gasteiger partial charge in [0.2, 0.25) is 0 Å². The van der Waals surface area contributed by atoms with Crippen molar-refractivity contribution in [3.05, 3.63) is 0 Å². The van der Waals surface area contributed by atoms with Crippen LogP contribution in [0.5, 0.6) is 0 Å². The van der Waals surface area contributed by atoms with E-state index >= 15 is 0 Å². The highest BCUT2D eigenvalue weighted by Gasteiger charge is 2.26. The molecule has 1 saturated heterocycles. The predicted molar refractivity (Wildman–Crippen MR) is 59.2 cm³/mol. The zero-order valence-corrected chi connectivity index (χ0v) is 10.0. The number of hydrogen-bond donors (Lipinski definition) is 0. The number of rotatable bonds is 3. The van der Waals surface area contributed by atoms with Crippen molar-refractivity contribution >= 4 is 0 Å². The van der Waals surface area contributed by atoms with Crippen LogP contribution < -0.4 is 0 Å². The van der Waals surface area contributed by atoms with E-state index in [0.29, 0.717) is 12.0 Å². The lowest BCUT2D eigenvalue weighted by atomic mass is 9.84. The fraction of sp³-hybridized carbons (Fsp3) is 1.00. The largest absolute Gasteiger partial charge is 0.300 e. The molecule has 1 heterocycles. The fourth-order valence-corrected chi connectivity index (χ4v) is 2.47. The van der Waals surface area contributed by atoms with Gasteiger partial charge in [-0.05, 0) is 37.6 Å². The molecule has 0 spiro atoms. The summed E-state index contributed by atoms with van der Waals surface area (Å²) in [4.78, 5) is 2.26. The summed E-state index contributed by atoms with van der Waals surface area (Å²) in [6.45, 7) is 11.3. The summed E-state index contributed by atoms with van der Waals surface area (Å²) in [6.07, 6.45) is 1.84. The molecule has 0 aromatic carbocycles. The number of likely N-dealkylation sites (tertiary alicyclic amines) is 1. The van der Waals surface area contributed by atoms with Crippen molar-refractivity contribution < 1.29 is 4.39 Å². The summed E-state index contributed by atoms with van der Waals surface area (Å²) in [5.74, 6) is 0.786. The Kier molecular flexibility index (Phi) is 3.94. The van der Waals surface area contributed by atoms with Crippen LogP contribution in [-0.2, 0) is 0 Å². The molecule has 14 heavy (non-hydrogen) atoms. The van der Waals surface area contributed by atoms with Crippen LogP contribution in [0.25, 0.3) is 0 Å². The van der Waals surface area contributed by atoms with Gasteiger partial charge in [0.1, 0.15) is 6.17 Å². The molecule has 2 unspecified atom stereocenters. The molecule has 0 N–H and O–H groups in total. The highest BCUT2D eigenvalue weighted by Crippen LogP contribution is 2.30. The van der Waals surface area contributed by atoms with E-state index < -0.39 is 6.17 Å². The van der Waals surface area contributed by atoms with Gasteiger partial charge in [0.15, 0.2) is 0 Å². The van der Waals surface area contributed by atoms with Crippen molar-refractivity contribution in [2.75, 3.05) is 19.6 Å². The maximum Gasteiger partial charge on any atom is 0.110 e. The van der Waals surface area contributed by atoms with E-state index in [0.717, 1.165) is 19.0 Å². The van der Waals surface area contributed by atoms with E-state index in [1.807, 2.05) is 0 Å². The quantitative estimate of drug-likeness (QED) is 0.678. The van der Waals surface area contributed by atoms with Gasteiger partial charge in [-0.15, -0.1) is 0 Å². The summed E-state index contributed by atoms with van der Waals surface area (Å²) < 4.78 is 12.8. The first-order valence-electron chi connectivity index (χ1n) is 5.73. The topological polar surface area (TPSA) is 3.24 Å². The Balaban J connectivity index is 2.27. The number of hydrogen-bond acceptors (Lipinski definition) is 1. The van der Waals surface area contributed by atoms with Crippen LogP contribution in [0.3, 0.4) is 0 Å². The minimum Gasteiger partial charge on any atom is -0.300 e. The van der Waals surface area contributed by atoms with Crippen LogP contribution in [0.2, 0.25) is 0 Å². The van der Waals surface area contributed by atoms with Crippen molar-refractivity contribution in [2.45, 2.75) is 46.7 Å². The van der Waals surface area contributed by atoms with E-state index in [2.05, 4.69) is 25.7 Å². The molecular formula is C12H24FN. The Morgan fingerprint density at radius 2 is 2.07 bits per heavy atom. The van der Waals surface area contributed by atoms with E-state index in [4.69, 9.17) is 0 Å². The van der Waals surface area contributed by atoms with E-state index in [1.54, 1.807) is 6.92 Å². The third-order valence-corrected chi connectivity index (χ3v) is 2.78. The zero-order valence-electron chi connectivity index (χ0n) is 10.0. The standard InChI is InChI=1S/C12H24FN/c1-10(13)8-14-6-5-11(9-14)7-12(2,3)4/h10-11H,5-9H2,1-4H3. The molecule has 2 atom stereocenters. The molecule has 0 bridgehead atoms. The molecule has 1 aliphatic rings. The monoisotopic (exact) mass is 201 g/mol. The van der Waals surface area contributed by atoms with Crippen molar-refractivity contribution in [1.29, 1.82) is 0 Å². The number of nitrogens with zero attached hydrogens (tertiary/aromatic N) is 1. The summed E-state index contributed by atoms with van der Waals surface area (Å²) in [6, 6.07) is 0. The van der Waals surface area contributed by atoms with E-state index in [1.165, 1.54) is 12.8 Å². The second-order valence-electron chi connectivity index (χ2n) is 5.96. The molecule has 0 saturated carbocycles. The Morgan fingerprint density at radius 1 is 1.43 bits per heavy atom. The molecule has 1 nitrogen and oxygen atoms in total. The van der Waals surface area contributed by atoms with Crippen LogP contribution in [0.15, 0.2) is 0 Å². The molecule has 0 aromatic rings. The van der Waals surface area contributed by atoms with Gasteiger partial charge < -0.3 is 4.90 Å². The number of halogens is 1. The highest BCUT2D eigenvalue weighted by molar-refractivity contribution is 4.80. The van der Waals surface area contributed by atoms with Gasteiger partial charge in [-0.1, -0.05) is 20.8 Å². The van der Waals surface area contributed by atoms with Crippen molar-refractivity contribution in [2.24, 2.45) is 11.3 Å². The van der Waals surface area contributed by atoms with Crippen molar-refractivity contribution in [3.8, 4) is 0 Å². The van der Waals surface area contributed by atoms with Gasteiger partial charge in [-0.2, -0.15) is 0 Å². The van der Waals surface area contributed by atoms with Gasteiger partial charge in [-0.25, -0.2) is 4.39 Å². The van der Waals surface area contributed by atoms with E-state index in [-0.39, 0.29) is 0 Å². The third kappa shape index (κ3) is 4.41. The first kappa shape index (κ1) is 12.0. The van der Waals surface area contributed by atoms with Crippen molar-refractivity contribution in [3.63, 3.8) is 0 Å². The lowest BCUT2D eigenvalue weighted by Crippen LogP contribution is -2.27. The van der Waals surface area contributed by atoms with Gasteiger partial charge in [0.05, 0.1) is 0 Å². The van der Waals surface area contributed by atoms with Crippen LogP contribution >= 0.6 is 0 Å². The first-order chi connectivity index (χ1) is 6.37. The molecular weight excluding hydrogens is 177 g/mol. The van der Waals surface area contributed by atoms with Gasteiger partial charge >= 0.3 is 0 Å². The molecule has 1 rings (SSSR count). The third-order valence-electron chi connectivity index (χ3n) is 2.78. The molecule has 0 aliphatic carbocycles. The highest BCUT2D eigenvalue weighted by atomic mass is 19.1. The predicted octanol–water partition coefficient (Wildman–Crippen LogP) is 3.10. The average molecular weight is 201 g/mol. The maximum atomic E-state index is 12.8. The zero-order chi connectivity index (χ0) is 10.8. The van der Waals surface area contributed by atoms with Crippen LogP contribution in [0, 0.1) is 11.3 Å². The summed E-state index contributed by atoms with van der Waals surface area (Å²) in [7, 11) is 0. The molecule has 1 fully saturated rings. The molecule has 2 heteroatoms.